The molecule has 0 aliphatic carbocycles. The molecule has 0 radical (unpaired) electrons. The van der Waals surface area contributed by atoms with Gasteiger partial charge in [0.2, 0.25) is 0 Å². The number of benzene rings is 1. The summed E-state index contributed by atoms with van der Waals surface area (Å²) >= 11 is 8.91. The average Bonchev–Trinajstić information content (AvgIpc) is 2.14. The summed E-state index contributed by atoms with van der Waals surface area (Å²) in [6, 6.07) is 7.87. The van der Waals surface area contributed by atoms with Crippen LogP contribution in [0.3, 0.4) is 0 Å². The van der Waals surface area contributed by atoms with E-state index in [4.69, 9.17) is 4.74 Å². The molecule has 74 valence electrons. The molecular formula is C11H12OS2. The van der Waals surface area contributed by atoms with Crippen LogP contribution in [0.1, 0.15) is 19.4 Å². The Kier molecular flexibility index (Phi) is 2.32. The number of thiol groups is 2. The molecule has 14 heavy (non-hydrogen) atoms. The van der Waals surface area contributed by atoms with Crippen LogP contribution in [-0.2, 0) is 0 Å². The highest BCUT2D eigenvalue weighted by Crippen LogP contribution is 2.43. The molecule has 0 atom stereocenters. The zero-order chi connectivity index (χ0) is 10.3. The van der Waals surface area contributed by atoms with Crippen molar-refractivity contribution < 1.29 is 4.74 Å². The van der Waals surface area contributed by atoms with E-state index in [1.807, 2.05) is 38.1 Å². The van der Waals surface area contributed by atoms with E-state index in [0.29, 0.717) is 0 Å². The van der Waals surface area contributed by atoms with Crippen LogP contribution in [0.15, 0.2) is 29.2 Å². The molecule has 0 aromatic heterocycles. The van der Waals surface area contributed by atoms with Gasteiger partial charge in [-0.3, -0.25) is 0 Å². The third kappa shape index (κ3) is 1.44. The molecule has 1 aromatic rings. The van der Waals surface area contributed by atoms with Gasteiger partial charge in [0.25, 0.3) is 0 Å². The number of fused-ring (bicyclic) bond motifs is 1. The molecule has 0 spiro atoms. The fourth-order valence-corrected chi connectivity index (χ4v) is 2.11. The van der Waals surface area contributed by atoms with Crippen LogP contribution in [-0.4, -0.2) is 5.60 Å². The van der Waals surface area contributed by atoms with Crippen LogP contribution < -0.4 is 4.74 Å². The predicted octanol–water partition coefficient (Wildman–Crippen LogP) is 3.39. The molecule has 0 amide bonds. The van der Waals surface area contributed by atoms with Gasteiger partial charge in [-0.1, -0.05) is 18.2 Å². The van der Waals surface area contributed by atoms with Crippen molar-refractivity contribution in [2.45, 2.75) is 19.4 Å². The van der Waals surface area contributed by atoms with E-state index in [1.54, 1.807) is 0 Å². The summed E-state index contributed by atoms with van der Waals surface area (Å²) in [7, 11) is 0. The maximum Gasteiger partial charge on any atom is 0.135 e. The number of hydrogen-bond donors (Lipinski definition) is 2. The molecule has 1 aromatic carbocycles. The molecule has 0 bridgehead atoms. The zero-order valence-electron chi connectivity index (χ0n) is 8.11. The van der Waals surface area contributed by atoms with Gasteiger partial charge in [0.15, 0.2) is 0 Å². The van der Waals surface area contributed by atoms with Crippen molar-refractivity contribution >= 4 is 30.2 Å². The molecule has 1 heterocycles. The average molecular weight is 224 g/mol. The van der Waals surface area contributed by atoms with Crippen molar-refractivity contribution in [1.29, 1.82) is 0 Å². The first-order valence-electron chi connectivity index (χ1n) is 4.43. The van der Waals surface area contributed by atoms with Crippen LogP contribution in [0.4, 0.5) is 0 Å². The molecule has 0 unspecified atom stereocenters. The van der Waals surface area contributed by atoms with Gasteiger partial charge in [-0.25, -0.2) is 0 Å². The van der Waals surface area contributed by atoms with Crippen molar-refractivity contribution in [2.24, 2.45) is 0 Å². The molecule has 0 saturated carbocycles. The summed E-state index contributed by atoms with van der Waals surface area (Å²) in [5, 5.41) is 0. The Morgan fingerprint density at radius 1 is 1.14 bits per heavy atom. The number of ether oxygens (including phenoxy) is 1. The normalized spacial score (nSPS) is 18.9. The Bertz CT molecular complexity index is 408. The summed E-state index contributed by atoms with van der Waals surface area (Å²) in [5.41, 5.74) is 0.634. The summed E-state index contributed by atoms with van der Waals surface area (Å²) in [5.74, 6) is 0.875. The lowest BCUT2D eigenvalue weighted by atomic mass is 10.0. The highest BCUT2D eigenvalue weighted by molar-refractivity contribution is 7.93. The van der Waals surface area contributed by atoms with Crippen molar-refractivity contribution in [1.82, 2.24) is 0 Å². The SMILES string of the molecule is CC1(C)Oc2ccccc2C(S)=C1S. The standard InChI is InChI=1S/C11H12OS2/c1-11(2)10(14)9(13)7-5-3-4-6-8(7)12-11/h3-6,13-14H,1-2H3. The van der Waals surface area contributed by atoms with E-state index >= 15 is 0 Å². The molecular weight excluding hydrogens is 212 g/mol. The largest absolute Gasteiger partial charge is 0.482 e. The van der Waals surface area contributed by atoms with E-state index in [1.165, 1.54) is 0 Å². The molecule has 3 heteroatoms. The highest BCUT2D eigenvalue weighted by Gasteiger charge is 2.31. The fraction of sp³-hybridized carbons (Fsp3) is 0.273. The Labute approximate surface area is 95.0 Å². The molecule has 0 N–H and O–H groups in total. The molecule has 0 fully saturated rings. The Morgan fingerprint density at radius 3 is 2.50 bits per heavy atom. The predicted molar refractivity (Wildman–Crippen MR) is 66.0 cm³/mol. The second kappa shape index (κ2) is 3.24. The van der Waals surface area contributed by atoms with E-state index in [9.17, 15) is 0 Å². The van der Waals surface area contributed by atoms with Gasteiger partial charge in [0.05, 0.1) is 0 Å². The lowest BCUT2D eigenvalue weighted by Gasteiger charge is -2.33. The molecule has 1 nitrogen and oxygen atoms in total. The van der Waals surface area contributed by atoms with E-state index in [2.05, 4.69) is 25.3 Å². The topological polar surface area (TPSA) is 9.23 Å². The van der Waals surface area contributed by atoms with Gasteiger partial charge < -0.3 is 4.74 Å². The first kappa shape index (κ1) is 9.99. The number of para-hydroxylation sites is 1. The first-order chi connectivity index (χ1) is 6.52. The van der Waals surface area contributed by atoms with E-state index in [0.717, 1.165) is 21.1 Å². The minimum absolute atomic E-state index is 0.380. The molecule has 1 aliphatic rings. The lowest BCUT2D eigenvalue weighted by Crippen LogP contribution is -2.32. The second-order valence-corrected chi connectivity index (χ2v) is 4.70. The van der Waals surface area contributed by atoms with Crippen molar-refractivity contribution in [3.8, 4) is 5.75 Å². The summed E-state index contributed by atoms with van der Waals surface area (Å²) < 4.78 is 5.82. The Balaban J connectivity index is 2.64. The third-order valence-corrected chi connectivity index (χ3v) is 3.70. The summed E-state index contributed by atoms with van der Waals surface area (Å²) in [6.45, 7) is 3.98. The summed E-state index contributed by atoms with van der Waals surface area (Å²) in [6.07, 6.45) is 0. The monoisotopic (exact) mass is 224 g/mol. The van der Waals surface area contributed by atoms with E-state index < -0.39 is 0 Å². The molecule has 1 aliphatic heterocycles. The quantitative estimate of drug-likeness (QED) is 0.642. The Hall–Kier alpha value is -0.540. The van der Waals surface area contributed by atoms with Gasteiger partial charge in [0, 0.05) is 15.4 Å². The van der Waals surface area contributed by atoms with Gasteiger partial charge in [-0.15, -0.1) is 25.3 Å². The third-order valence-electron chi connectivity index (χ3n) is 2.30. The van der Waals surface area contributed by atoms with Crippen LogP contribution in [0.25, 0.3) is 4.91 Å². The minimum Gasteiger partial charge on any atom is -0.482 e. The van der Waals surface area contributed by atoms with Crippen molar-refractivity contribution in [3.05, 3.63) is 34.7 Å². The number of rotatable bonds is 0. The van der Waals surface area contributed by atoms with Gasteiger partial charge in [-0.05, 0) is 19.9 Å². The fourth-order valence-electron chi connectivity index (χ4n) is 1.49. The van der Waals surface area contributed by atoms with Crippen LogP contribution in [0.2, 0.25) is 0 Å². The molecule has 0 saturated heterocycles. The van der Waals surface area contributed by atoms with Gasteiger partial charge in [-0.2, -0.15) is 0 Å². The van der Waals surface area contributed by atoms with E-state index in [-0.39, 0.29) is 5.60 Å². The molecule has 2 rings (SSSR count). The van der Waals surface area contributed by atoms with Gasteiger partial charge >= 0.3 is 0 Å². The highest BCUT2D eigenvalue weighted by atomic mass is 32.1. The Morgan fingerprint density at radius 2 is 1.79 bits per heavy atom. The second-order valence-electron chi connectivity index (χ2n) is 3.81. The smallest absolute Gasteiger partial charge is 0.135 e. The summed E-state index contributed by atoms with van der Waals surface area (Å²) in [4.78, 5) is 1.78. The van der Waals surface area contributed by atoms with Crippen LogP contribution in [0.5, 0.6) is 5.75 Å². The maximum atomic E-state index is 5.82. The van der Waals surface area contributed by atoms with Gasteiger partial charge in [0.1, 0.15) is 11.4 Å². The van der Waals surface area contributed by atoms with Crippen LogP contribution in [0, 0.1) is 0 Å². The maximum absolute atomic E-state index is 5.82. The van der Waals surface area contributed by atoms with Crippen molar-refractivity contribution in [2.75, 3.05) is 0 Å². The lowest BCUT2D eigenvalue weighted by molar-refractivity contribution is 0.155. The van der Waals surface area contributed by atoms with Crippen LogP contribution >= 0.6 is 25.3 Å². The van der Waals surface area contributed by atoms with Crippen molar-refractivity contribution in [3.63, 3.8) is 0 Å². The first-order valence-corrected chi connectivity index (χ1v) is 5.33. The zero-order valence-corrected chi connectivity index (χ0v) is 9.90. The minimum atomic E-state index is -0.380. The number of hydrogen-bond acceptors (Lipinski definition) is 3.